The van der Waals surface area contributed by atoms with Crippen LogP contribution in [0.5, 0.6) is 0 Å². The van der Waals surface area contributed by atoms with Gasteiger partial charge in [0.25, 0.3) is 5.69 Å². The van der Waals surface area contributed by atoms with Crippen molar-refractivity contribution in [3.05, 3.63) is 51.1 Å². The third-order valence-electron chi connectivity index (χ3n) is 2.26. The van der Waals surface area contributed by atoms with E-state index in [1.165, 1.54) is 25.1 Å². The van der Waals surface area contributed by atoms with Crippen LogP contribution in [0.3, 0.4) is 0 Å². The summed E-state index contributed by atoms with van der Waals surface area (Å²) in [6, 6.07) is 7.25. The molecule has 0 aliphatic rings. The van der Waals surface area contributed by atoms with Crippen LogP contribution in [0.25, 0.3) is 0 Å². The Morgan fingerprint density at radius 1 is 1.42 bits per heavy atom. The summed E-state index contributed by atoms with van der Waals surface area (Å²) >= 11 is 1.96. The Balaban J connectivity index is 2.42. The molecule has 0 radical (unpaired) electrons. The molecule has 2 rings (SSSR count). The van der Waals surface area contributed by atoms with Gasteiger partial charge in [-0.3, -0.25) is 14.9 Å². The minimum atomic E-state index is -0.563. The maximum absolute atomic E-state index is 13.5. The number of rotatable bonds is 4. The molecular formula is C12H8FNO3S2. The highest BCUT2D eigenvalue weighted by atomic mass is 32.2. The molecule has 19 heavy (non-hydrogen) atoms. The van der Waals surface area contributed by atoms with Crippen LogP contribution < -0.4 is 0 Å². The first-order valence-corrected chi connectivity index (χ1v) is 6.84. The van der Waals surface area contributed by atoms with Gasteiger partial charge in [-0.15, -0.1) is 11.3 Å². The fourth-order valence-corrected chi connectivity index (χ4v) is 3.57. The van der Waals surface area contributed by atoms with Crippen LogP contribution in [0.1, 0.15) is 16.6 Å². The highest BCUT2D eigenvalue weighted by Crippen LogP contribution is 2.42. The standard InChI is InChI=1S/C12H8FNO3S2/c1-7(15)11-6-9(14(16)17)12(19-11)18-10-5-3-2-4-8(10)13/h2-6H,1H3. The Morgan fingerprint density at radius 3 is 2.68 bits per heavy atom. The van der Waals surface area contributed by atoms with Gasteiger partial charge >= 0.3 is 0 Å². The smallest absolute Gasteiger partial charge is 0.294 e. The Hall–Kier alpha value is -1.73. The van der Waals surface area contributed by atoms with Crippen LogP contribution in [0, 0.1) is 15.9 Å². The van der Waals surface area contributed by atoms with E-state index in [9.17, 15) is 19.3 Å². The molecule has 0 fully saturated rings. The lowest BCUT2D eigenvalue weighted by molar-refractivity contribution is -0.387. The zero-order valence-electron chi connectivity index (χ0n) is 9.75. The van der Waals surface area contributed by atoms with E-state index in [-0.39, 0.29) is 11.5 Å². The first kappa shape index (κ1) is 13.7. The van der Waals surface area contributed by atoms with Crippen molar-refractivity contribution < 1.29 is 14.1 Å². The average molecular weight is 297 g/mol. The van der Waals surface area contributed by atoms with Gasteiger partial charge < -0.3 is 0 Å². The quantitative estimate of drug-likeness (QED) is 0.483. The van der Waals surface area contributed by atoms with Crippen molar-refractivity contribution in [2.24, 2.45) is 0 Å². The van der Waals surface area contributed by atoms with Crippen molar-refractivity contribution in [3.8, 4) is 0 Å². The van der Waals surface area contributed by atoms with Gasteiger partial charge in [0.15, 0.2) is 5.78 Å². The fourth-order valence-electron chi connectivity index (χ4n) is 1.37. The van der Waals surface area contributed by atoms with Crippen molar-refractivity contribution in [1.29, 1.82) is 0 Å². The predicted octanol–water partition coefficient (Wildman–Crippen LogP) is 4.15. The largest absolute Gasteiger partial charge is 0.294 e. The number of nitro groups is 1. The van der Waals surface area contributed by atoms with Crippen LogP contribution in [-0.4, -0.2) is 10.7 Å². The second kappa shape index (κ2) is 5.50. The normalized spacial score (nSPS) is 10.4. The monoisotopic (exact) mass is 297 g/mol. The molecule has 1 aromatic heterocycles. The van der Waals surface area contributed by atoms with Crippen LogP contribution >= 0.6 is 23.1 Å². The van der Waals surface area contributed by atoms with Gasteiger partial charge in [-0.2, -0.15) is 0 Å². The van der Waals surface area contributed by atoms with Crippen LogP contribution in [0.15, 0.2) is 39.4 Å². The number of hydrogen-bond acceptors (Lipinski definition) is 5. The summed E-state index contributed by atoms with van der Waals surface area (Å²) in [7, 11) is 0. The van der Waals surface area contributed by atoms with E-state index in [0.717, 1.165) is 23.1 Å². The second-order valence-corrected chi connectivity index (χ2v) is 5.99. The lowest BCUT2D eigenvalue weighted by atomic mass is 10.3. The van der Waals surface area contributed by atoms with Gasteiger partial charge in [-0.1, -0.05) is 23.9 Å². The highest BCUT2D eigenvalue weighted by molar-refractivity contribution is 8.01. The van der Waals surface area contributed by atoms with E-state index in [4.69, 9.17) is 0 Å². The zero-order valence-corrected chi connectivity index (χ0v) is 11.4. The van der Waals surface area contributed by atoms with Gasteiger partial charge in [0.1, 0.15) is 10.0 Å². The van der Waals surface area contributed by atoms with E-state index in [2.05, 4.69) is 0 Å². The molecule has 0 amide bonds. The van der Waals surface area contributed by atoms with Crippen LogP contribution in [0.2, 0.25) is 0 Å². The average Bonchev–Trinajstić information content (AvgIpc) is 2.76. The SMILES string of the molecule is CC(=O)c1cc([N+](=O)[O-])c(Sc2ccccc2F)s1. The number of carbonyl (C=O) groups is 1. The Bertz CT molecular complexity index is 654. The first-order chi connectivity index (χ1) is 8.99. The van der Waals surface area contributed by atoms with Gasteiger partial charge in [0.2, 0.25) is 0 Å². The Labute approximate surface area is 116 Å². The summed E-state index contributed by atoms with van der Waals surface area (Å²) in [4.78, 5) is 22.2. The molecule has 0 aliphatic heterocycles. The van der Waals surface area contributed by atoms with Gasteiger partial charge in [-0.05, 0) is 19.1 Å². The molecule has 1 heterocycles. The summed E-state index contributed by atoms with van der Waals surface area (Å²) in [5.74, 6) is -0.687. The van der Waals surface area contributed by atoms with Crippen molar-refractivity contribution in [3.63, 3.8) is 0 Å². The Morgan fingerprint density at radius 2 is 2.11 bits per heavy atom. The van der Waals surface area contributed by atoms with Crippen molar-refractivity contribution >= 4 is 34.6 Å². The summed E-state index contributed by atoms with van der Waals surface area (Å²) < 4.78 is 13.8. The summed E-state index contributed by atoms with van der Waals surface area (Å²) in [6.07, 6.45) is 0. The molecule has 0 atom stereocenters. The minimum Gasteiger partial charge on any atom is -0.294 e. The van der Waals surface area contributed by atoms with E-state index < -0.39 is 10.7 Å². The Kier molecular flexibility index (Phi) is 3.96. The molecule has 0 aliphatic carbocycles. The molecule has 0 bridgehead atoms. The van der Waals surface area contributed by atoms with Gasteiger partial charge in [-0.25, -0.2) is 4.39 Å². The molecule has 7 heteroatoms. The molecule has 0 spiro atoms. The molecule has 2 aromatic rings. The lowest BCUT2D eigenvalue weighted by Gasteiger charge is -1.99. The molecule has 0 saturated heterocycles. The number of halogens is 1. The number of ketones is 1. The number of nitrogens with zero attached hydrogens (tertiary/aromatic N) is 1. The maximum atomic E-state index is 13.5. The van der Waals surface area contributed by atoms with E-state index in [1.54, 1.807) is 12.1 Å². The summed E-state index contributed by atoms with van der Waals surface area (Å²) in [5, 5.41) is 10.9. The lowest BCUT2D eigenvalue weighted by Crippen LogP contribution is -1.88. The molecule has 98 valence electrons. The van der Waals surface area contributed by atoms with E-state index in [1.807, 2.05) is 0 Å². The highest BCUT2D eigenvalue weighted by Gasteiger charge is 2.22. The third-order valence-corrected chi connectivity index (χ3v) is 4.73. The van der Waals surface area contributed by atoms with E-state index in [0.29, 0.717) is 14.0 Å². The molecule has 0 unspecified atom stereocenters. The van der Waals surface area contributed by atoms with Gasteiger partial charge in [0, 0.05) is 11.0 Å². The summed E-state index contributed by atoms with van der Waals surface area (Å²) in [6.45, 7) is 1.34. The first-order valence-electron chi connectivity index (χ1n) is 5.20. The molecule has 0 saturated carbocycles. The minimum absolute atomic E-state index is 0.163. The number of thiophene rings is 1. The van der Waals surface area contributed by atoms with Crippen molar-refractivity contribution in [2.75, 3.05) is 0 Å². The second-order valence-electron chi connectivity index (χ2n) is 3.63. The maximum Gasteiger partial charge on any atom is 0.294 e. The molecule has 1 aromatic carbocycles. The van der Waals surface area contributed by atoms with Crippen molar-refractivity contribution in [1.82, 2.24) is 0 Å². The fraction of sp³-hybridized carbons (Fsp3) is 0.0833. The molecule has 4 nitrogen and oxygen atoms in total. The number of hydrogen-bond donors (Lipinski definition) is 0. The van der Waals surface area contributed by atoms with E-state index >= 15 is 0 Å². The van der Waals surface area contributed by atoms with Crippen LogP contribution in [-0.2, 0) is 0 Å². The third kappa shape index (κ3) is 2.99. The number of carbonyl (C=O) groups excluding carboxylic acids is 1. The number of Topliss-reactive ketones (excluding diaryl/α,β-unsaturated/α-hetero) is 1. The van der Waals surface area contributed by atoms with Crippen LogP contribution in [0.4, 0.5) is 10.1 Å². The molecule has 0 N–H and O–H groups in total. The van der Waals surface area contributed by atoms with Gasteiger partial charge in [0.05, 0.1) is 9.80 Å². The number of benzene rings is 1. The topological polar surface area (TPSA) is 60.2 Å². The molecular weight excluding hydrogens is 289 g/mol. The van der Waals surface area contributed by atoms with Crippen molar-refractivity contribution in [2.45, 2.75) is 16.0 Å². The zero-order chi connectivity index (χ0) is 14.0. The predicted molar refractivity (Wildman–Crippen MR) is 71.5 cm³/mol. The summed E-state index contributed by atoms with van der Waals surface area (Å²) in [5.41, 5.74) is -0.163.